The van der Waals surface area contributed by atoms with E-state index in [2.05, 4.69) is 10.6 Å². The number of anilines is 1. The zero-order valence-corrected chi connectivity index (χ0v) is 18.6. The van der Waals surface area contributed by atoms with E-state index in [0.29, 0.717) is 17.2 Å². The number of hydrogen-bond acceptors (Lipinski definition) is 6. The largest absolute Gasteiger partial charge is 0.495 e. The van der Waals surface area contributed by atoms with Gasteiger partial charge in [-0.2, -0.15) is 0 Å². The monoisotopic (exact) mass is 426 g/mol. The number of hydrogen-bond donors (Lipinski definition) is 3. The van der Waals surface area contributed by atoms with Gasteiger partial charge in [0, 0.05) is 14.2 Å². The number of benzene rings is 1. The first-order chi connectivity index (χ1) is 13.7. The van der Waals surface area contributed by atoms with Crippen molar-refractivity contribution in [2.24, 2.45) is 0 Å². The van der Waals surface area contributed by atoms with E-state index >= 15 is 0 Å². The van der Waals surface area contributed by atoms with Crippen LogP contribution < -0.4 is 15.4 Å². The van der Waals surface area contributed by atoms with Crippen LogP contribution in [-0.2, 0) is 15.9 Å². The summed E-state index contributed by atoms with van der Waals surface area (Å²) in [6.45, 7) is 5.33. The van der Waals surface area contributed by atoms with E-state index in [1.807, 2.05) is 25.1 Å². The zero-order valence-electron chi connectivity index (χ0n) is 17.8. The topological polar surface area (TPSA) is 89.1 Å². The smallest absolute Gasteiger partial charge is 0.409 e. The standard InChI is InChI=1S/C21H31ClN2O5/c1-7-29-20(25)24-21(3,26)18(28-6)10-8-9-14(2)11-15-12-16(23-4)19(22)17(13-15)27-5/h8-10,12-13,18,23,26H,7,11H2,1-6H3,(H,24,25)/b10-8+,14-9+/t18-,21?/m1/s1. The Bertz CT molecular complexity index is 722. The normalized spacial score (nSPS) is 15.0. The maximum Gasteiger partial charge on any atom is 0.409 e. The lowest BCUT2D eigenvalue weighted by Gasteiger charge is -2.30. The highest BCUT2D eigenvalue weighted by molar-refractivity contribution is 6.34. The van der Waals surface area contributed by atoms with Crippen LogP contribution in [0, 0.1) is 0 Å². The number of halogens is 1. The van der Waals surface area contributed by atoms with E-state index in [1.54, 1.807) is 33.2 Å². The summed E-state index contributed by atoms with van der Waals surface area (Å²) < 4.78 is 15.4. The van der Waals surface area contributed by atoms with Crippen molar-refractivity contribution in [1.29, 1.82) is 0 Å². The van der Waals surface area contributed by atoms with Gasteiger partial charge >= 0.3 is 6.09 Å². The molecule has 0 aromatic heterocycles. The van der Waals surface area contributed by atoms with Gasteiger partial charge < -0.3 is 24.6 Å². The van der Waals surface area contributed by atoms with Crippen molar-refractivity contribution < 1.29 is 24.1 Å². The molecule has 0 aliphatic heterocycles. The van der Waals surface area contributed by atoms with Gasteiger partial charge in [-0.3, -0.25) is 5.32 Å². The summed E-state index contributed by atoms with van der Waals surface area (Å²) in [4.78, 5) is 11.6. The van der Waals surface area contributed by atoms with E-state index in [4.69, 9.17) is 25.8 Å². The van der Waals surface area contributed by atoms with Gasteiger partial charge in [0.25, 0.3) is 0 Å². The average Bonchev–Trinajstić information content (AvgIpc) is 2.65. The molecule has 7 nitrogen and oxygen atoms in total. The minimum Gasteiger partial charge on any atom is -0.495 e. The number of carbonyl (C=O) groups excluding carboxylic acids is 1. The summed E-state index contributed by atoms with van der Waals surface area (Å²) in [5.74, 6) is 0.609. The molecule has 1 unspecified atom stereocenters. The molecule has 0 aliphatic carbocycles. The van der Waals surface area contributed by atoms with Crippen molar-refractivity contribution in [3.05, 3.63) is 46.5 Å². The van der Waals surface area contributed by atoms with Crippen LogP contribution in [-0.4, -0.2) is 50.9 Å². The van der Waals surface area contributed by atoms with Crippen LogP contribution in [0.2, 0.25) is 5.02 Å². The number of alkyl carbamates (subject to hydrolysis) is 1. The van der Waals surface area contributed by atoms with Gasteiger partial charge in [-0.1, -0.05) is 35.4 Å². The fourth-order valence-corrected chi connectivity index (χ4v) is 3.01. The molecule has 0 radical (unpaired) electrons. The molecule has 0 spiro atoms. The fourth-order valence-electron chi connectivity index (χ4n) is 2.73. The molecule has 2 atom stereocenters. The lowest BCUT2D eigenvalue weighted by Crippen LogP contribution is -2.54. The van der Waals surface area contributed by atoms with Gasteiger partial charge in [0.05, 0.1) is 19.4 Å². The number of methoxy groups -OCH3 is 2. The first-order valence-electron chi connectivity index (χ1n) is 9.26. The highest BCUT2D eigenvalue weighted by atomic mass is 35.5. The van der Waals surface area contributed by atoms with E-state index in [-0.39, 0.29) is 6.61 Å². The molecule has 0 bridgehead atoms. The summed E-state index contributed by atoms with van der Waals surface area (Å²) in [6, 6.07) is 3.87. The molecule has 0 saturated carbocycles. The molecule has 29 heavy (non-hydrogen) atoms. The van der Waals surface area contributed by atoms with Crippen LogP contribution in [0.5, 0.6) is 5.75 Å². The quantitative estimate of drug-likeness (QED) is 0.388. The maximum atomic E-state index is 11.6. The lowest BCUT2D eigenvalue weighted by molar-refractivity contribution is -0.0765. The molecular formula is C21H31ClN2O5. The molecule has 1 rings (SSSR count). The van der Waals surface area contributed by atoms with Gasteiger partial charge in [-0.05, 0) is 44.9 Å². The van der Waals surface area contributed by atoms with Gasteiger partial charge in [-0.15, -0.1) is 0 Å². The van der Waals surface area contributed by atoms with E-state index < -0.39 is 17.9 Å². The molecule has 162 valence electrons. The second kappa shape index (κ2) is 11.7. The van der Waals surface area contributed by atoms with Gasteiger partial charge in [-0.25, -0.2) is 4.79 Å². The Kier molecular flexibility index (Phi) is 10.0. The Morgan fingerprint density at radius 1 is 1.38 bits per heavy atom. The first-order valence-corrected chi connectivity index (χ1v) is 9.64. The molecule has 0 fully saturated rings. The number of carbonyl (C=O) groups is 1. The maximum absolute atomic E-state index is 11.6. The predicted octanol–water partition coefficient (Wildman–Crippen LogP) is 3.90. The molecule has 0 aliphatic rings. The van der Waals surface area contributed by atoms with Crippen LogP contribution in [0.25, 0.3) is 0 Å². The number of amides is 1. The molecule has 3 N–H and O–H groups in total. The number of aliphatic hydroxyl groups is 1. The van der Waals surface area contributed by atoms with Crippen molar-refractivity contribution in [2.45, 2.75) is 39.0 Å². The number of rotatable bonds is 10. The first kappa shape index (κ1) is 24.8. The minimum absolute atomic E-state index is 0.210. The van der Waals surface area contributed by atoms with Crippen molar-refractivity contribution in [3.63, 3.8) is 0 Å². The summed E-state index contributed by atoms with van der Waals surface area (Å²) >= 11 is 6.26. The van der Waals surface area contributed by atoms with Crippen LogP contribution in [0.4, 0.5) is 10.5 Å². The van der Waals surface area contributed by atoms with E-state index in [1.165, 1.54) is 14.0 Å². The van der Waals surface area contributed by atoms with Crippen molar-refractivity contribution in [1.82, 2.24) is 5.32 Å². The molecular weight excluding hydrogens is 396 g/mol. The van der Waals surface area contributed by atoms with Crippen molar-refractivity contribution >= 4 is 23.4 Å². The second-order valence-corrected chi connectivity index (χ2v) is 7.01. The SMILES string of the molecule is CCOC(=O)NC(C)(O)[C@@H](/C=C/C=C(\C)Cc1cc(NC)c(Cl)c(OC)c1)OC. The fraction of sp³-hybridized carbons (Fsp3) is 0.476. The minimum atomic E-state index is -1.62. The number of ether oxygens (including phenoxy) is 3. The van der Waals surface area contributed by atoms with Gasteiger partial charge in [0.2, 0.25) is 0 Å². The predicted molar refractivity (Wildman–Crippen MR) is 116 cm³/mol. The highest BCUT2D eigenvalue weighted by Gasteiger charge is 2.32. The summed E-state index contributed by atoms with van der Waals surface area (Å²) in [5.41, 5.74) is 1.28. The number of allylic oxidation sites excluding steroid dienone is 3. The van der Waals surface area contributed by atoms with Crippen molar-refractivity contribution in [2.75, 3.05) is 33.2 Å². The summed E-state index contributed by atoms with van der Waals surface area (Å²) in [6.07, 6.45) is 4.56. The van der Waals surface area contributed by atoms with E-state index in [9.17, 15) is 9.90 Å². The Morgan fingerprint density at radius 3 is 2.62 bits per heavy atom. The Balaban J connectivity index is 2.87. The summed E-state index contributed by atoms with van der Waals surface area (Å²) in [7, 11) is 4.83. The molecule has 1 aromatic carbocycles. The van der Waals surface area contributed by atoms with Crippen LogP contribution in [0.15, 0.2) is 35.9 Å². The number of nitrogens with one attached hydrogen (secondary N) is 2. The molecule has 8 heteroatoms. The Labute approximate surface area is 177 Å². The van der Waals surface area contributed by atoms with Crippen molar-refractivity contribution in [3.8, 4) is 5.75 Å². The average molecular weight is 427 g/mol. The van der Waals surface area contributed by atoms with E-state index in [0.717, 1.165) is 16.8 Å². The third-order valence-corrected chi connectivity index (χ3v) is 4.57. The van der Waals surface area contributed by atoms with Gasteiger partial charge in [0.1, 0.15) is 16.9 Å². The third kappa shape index (κ3) is 7.61. The lowest BCUT2D eigenvalue weighted by atomic mass is 10.0. The summed E-state index contributed by atoms with van der Waals surface area (Å²) in [5, 5.41) is 16.4. The molecule has 0 saturated heterocycles. The third-order valence-electron chi connectivity index (χ3n) is 4.18. The van der Waals surface area contributed by atoms with Crippen LogP contribution in [0.1, 0.15) is 26.3 Å². The molecule has 1 amide bonds. The van der Waals surface area contributed by atoms with Gasteiger partial charge in [0.15, 0.2) is 5.72 Å². The zero-order chi connectivity index (χ0) is 22.0. The van der Waals surface area contributed by atoms with Crippen LogP contribution >= 0.6 is 11.6 Å². The van der Waals surface area contributed by atoms with Crippen LogP contribution in [0.3, 0.4) is 0 Å². The molecule has 0 heterocycles. The second-order valence-electron chi connectivity index (χ2n) is 6.63. The Hall–Kier alpha value is -2.22. The highest BCUT2D eigenvalue weighted by Crippen LogP contribution is 2.34. The molecule has 1 aromatic rings. The Morgan fingerprint density at radius 2 is 2.07 bits per heavy atom.